The van der Waals surface area contributed by atoms with Crippen LogP contribution >= 0.6 is 0 Å². The van der Waals surface area contributed by atoms with Gasteiger partial charge in [0.2, 0.25) is 0 Å². The number of hydrogen-bond donors (Lipinski definition) is 0. The van der Waals surface area contributed by atoms with Crippen LogP contribution in [0.5, 0.6) is 0 Å². The van der Waals surface area contributed by atoms with E-state index in [1.165, 1.54) is 33.4 Å². The Hall–Kier alpha value is -0.677. The Labute approximate surface area is 154 Å². The van der Waals surface area contributed by atoms with Gasteiger partial charge in [0.05, 0.1) is 0 Å². The summed E-state index contributed by atoms with van der Waals surface area (Å²) in [6.45, 7) is 13.6. The largest absolute Gasteiger partial charge is 0.179 e. The van der Waals surface area contributed by atoms with Gasteiger partial charge in [0.15, 0.2) is 0 Å². The Kier molecular flexibility index (Phi) is 4.62. The third kappa shape index (κ3) is 3.16. The summed E-state index contributed by atoms with van der Waals surface area (Å²) in [6, 6.07) is 15.1. The Balaban J connectivity index is 0.00000176. The maximum absolute atomic E-state index is 3.53. The fourth-order valence-corrected chi connectivity index (χ4v) is 2.98. The van der Waals surface area contributed by atoms with E-state index in [0.29, 0.717) is 0 Å². The van der Waals surface area contributed by atoms with Crippen molar-refractivity contribution in [3.05, 3.63) is 58.7 Å². The van der Waals surface area contributed by atoms with Crippen LogP contribution in [0.2, 0.25) is 0 Å². The van der Waals surface area contributed by atoms with Gasteiger partial charge in [0, 0.05) is 26.2 Å². The fourth-order valence-electron chi connectivity index (χ4n) is 2.98. The minimum atomic E-state index is 0. The van der Waals surface area contributed by atoms with E-state index in [2.05, 4.69) is 77.9 Å². The van der Waals surface area contributed by atoms with Gasteiger partial charge in [0.1, 0.15) is 0 Å². The first kappa shape index (κ1) is 17.7. The first-order valence-corrected chi connectivity index (χ1v) is 7.85. The van der Waals surface area contributed by atoms with Crippen LogP contribution in [0.1, 0.15) is 63.8 Å². The molecule has 0 N–H and O–H groups in total. The Morgan fingerprint density at radius 3 is 2.00 bits per heavy atom. The minimum Gasteiger partial charge on any atom is -0.179 e. The smallest absolute Gasteiger partial charge is 0 e. The summed E-state index contributed by atoms with van der Waals surface area (Å²) in [4.78, 5) is 0. The first-order chi connectivity index (χ1) is 9.66. The first-order valence-electron chi connectivity index (χ1n) is 7.85. The molecule has 0 atom stereocenters. The van der Waals surface area contributed by atoms with Crippen molar-refractivity contribution >= 4 is 0 Å². The van der Waals surface area contributed by atoms with Crippen molar-refractivity contribution in [3.63, 3.8) is 0 Å². The van der Waals surface area contributed by atoms with Gasteiger partial charge in [-0.25, -0.2) is 0 Å². The molecule has 0 saturated carbocycles. The third-order valence-corrected chi connectivity index (χ3v) is 4.53. The summed E-state index contributed by atoms with van der Waals surface area (Å²) < 4.78 is 0. The monoisotopic (exact) mass is 367 g/mol. The van der Waals surface area contributed by atoms with Crippen LogP contribution in [0.15, 0.2) is 30.3 Å². The molecule has 1 aliphatic carbocycles. The molecule has 0 aliphatic heterocycles. The topological polar surface area (TPSA) is 0 Å². The van der Waals surface area contributed by atoms with Gasteiger partial charge in [-0.3, -0.25) is 0 Å². The SMILES string of the molecule is CC(C)(C)c1c[c-]c2c(c1)-c1cc(C(C)(C)C)ccc1C2.[Zr]. The molecule has 0 radical (unpaired) electrons. The second-order valence-corrected chi connectivity index (χ2v) is 8.33. The molecule has 2 aromatic carbocycles. The summed E-state index contributed by atoms with van der Waals surface area (Å²) >= 11 is 0. The zero-order valence-corrected chi connectivity index (χ0v) is 17.1. The van der Waals surface area contributed by atoms with Crippen molar-refractivity contribution in [3.8, 4) is 11.1 Å². The molecule has 0 aromatic heterocycles. The van der Waals surface area contributed by atoms with Gasteiger partial charge >= 0.3 is 0 Å². The number of rotatable bonds is 0. The van der Waals surface area contributed by atoms with Crippen LogP contribution in [0.25, 0.3) is 11.1 Å². The molecule has 1 heteroatoms. The average molecular weight is 369 g/mol. The van der Waals surface area contributed by atoms with E-state index in [1.807, 2.05) is 0 Å². The summed E-state index contributed by atoms with van der Waals surface area (Å²) in [7, 11) is 0. The molecule has 0 amide bonds. The predicted octanol–water partition coefficient (Wildman–Crippen LogP) is 5.65. The molecule has 0 bridgehead atoms. The molecule has 0 fully saturated rings. The van der Waals surface area contributed by atoms with Crippen molar-refractivity contribution in [1.29, 1.82) is 0 Å². The van der Waals surface area contributed by atoms with Crippen molar-refractivity contribution < 1.29 is 26.2 Å². The van der Waals surface area contributed by atoms with Crippen molar-refractivity contribution in [2.45, 2.75) is 58.8 Å². The molecule has 3 rings (SSSR count). The molecular weight excluding hydrogens is 343 g/mol. The summed E-state index contributed by atoms with van der Waals surface area (Å²) in [6.07, 6.45) is 1.03. The molecule has 1 aliphatic rings. The quantitative estimate of drug-likeness (QED) is 0.450. The Morgan fingerprint density at radius 1 is 0.818 bits per heavy atom. The van der Waals surface area contributed by atoms with E-state index in [-0.39, 0.29) is 37.0 Å². The Morgan fingerprint density at radius 2 is 1.41 bits per heavy atom. The van der Waals surface area contributed by atoms with Crippen molar-refractivity contribution in [2.75, 3.05) is 0 Å². The minimum absolute atomic E-state index is 0. The standard InChI is InChI=1S/C21H25.Zr/c1-20(2,3)16-9-7-14-11-15-8-10-17(21(4,5)6)13-19(15)18(14)12-16;/h7,9-10,12-13H,11H2,1-6H3;/q-1;. The van der Waals surface area contributed by atoms with Gasteiger partial charge in [0.25, 0.3) is 0 Å². The van der Waals surface area contributed by atoms with Crippen LogP contribution in [0.3, 0.4) is 0 Å². The second kappa shape index (κ2) is 5.75. The number of benzene rings is 2. The van der Waals surface area contributed by atoms with Crippen LogP contribution in [-0.4, -0.2) is 0 Å². The zero-order valence-electron chi connectivity index (χ0n) is 14.6. The molecule has 0 nitrogen and oxygen atoms in total. The molecule has 0 heterocycles. The molecule has 0 saturated heterocycles. The van der Waals surface area contributed by atoms with Gasteiger partial charge in [-0.15, -0.1) is 5.56 Å². The van der Waals surface area contributed by atoms with Crippen molar-refractivity contribution in [2.24, 2.45) is 0 Å². The van der Waals surface area contributed by atoms with Gasteiger partial charge in [-0.1, -0.05) is 76.3 Å². The van der Waals surface area contributed by atoms with Crippen LogP contribution in [0, 0.1) is 6.07 Å². The molecule has 22 heavy (non-hydrogen) atoms. The van der Waals surface area contributed by atoms with E-state index in [0.717, 1.165) is 6.42 Å². The van der Waals surface area contributed by atoms with E-state index >= 15 is 0 Å². The molecule has 0 spiro atoms. The summed E-state index contributed by atoms with van der Waals surface area (Å²) in [5.74, 6) is 0. The number of hydrogen-bond acceptors (Lipinski definition) is 0. The maximum atomic E-state index is 3.53. The molecular formula is C21H25Zr-. The van der Waals surface area contributed by atoms with Gasteiger partial charge in [-0.05, 0) is 17.4 Å². The summed E-state index contributed by atoms with van der Waals surface area (Å²) in [5, 5.41) is 0. The van der Waals surface area contributed by atoms with Gasteiger partial charge < -0.3 is 0 Å². The second-order valence-electron chi connectivity index (χ2n) is 8.33. The van der Waals surface area contributed by atoms with E-state index in [9.17, 15) is 0 Å². The van der Waals surface area contributed by atoms with Crippen LogP contribution in [0.4, 0.5) is 0 Å². The normalized spacial score (nSPS) is 13.4. The van der Waals surface area contributed by atoms with Crippen LogP contribution < -0.4 is 0 Å². The van der Waals surface area contributed by atoms with E-state index < -0.39 is 0 Å². The van der Waals surface area contributed by atoms with Gasteiger partial charge in [-0.2, -0.15) is 29.3 Å². The fraction of sp³-hybridized carbons (Fsp3) is 0.429. The molecule has 114 valence electrons. The van der Waals surface area contributed by atoms with E-state index in [4.69, 9.17) is 0 Å². The molecule has 0 unspecified atom stereocenters. The zero-order chi connectivity index (χ0) is 15.4. The predicted molar refractivity (Wildman–Crippen MR) is 90.9 cm³/mol. The van der Waals surface area contributed by atoms with Crippen LogP contribution in [-0.2, 0) is 43.5 Å². The number of fused-ring (bicyclic) bond motifs is 3. The molecule has 2 aromatic rings. The Bertz CT molecular complexity index is 635. The average Bonchev–Trinajstić information content (AvgIpc) is 2.73. The van der Waals surface area contributed by atoms with Crippen molar-refractivity contribution in [1.82, 2.24) is 0 Å². The third-order valence-electron chi connectivity index (χ3n) is 4.53. The van der Waals surface area contributed by atoms with E-state index in [1.54, 1.807) is 0 Å². The summed E-state index contributed by atoms with van der Waals surface area (Å²) in [5.41, 5.74) is 8.76. The maximum Gasteiger partial charge on any atom is 0 e.